The van der Waals surface area contributed by atoms with Gasteiger partial charge in [-0.15, -0.1) is 0 Å². The first-order valence-electron chi connectivity index (χ1n) is 9.57. The van der Waals surface area contributed by atoms with E-state index in [1.54, 1.807) is 0 Å². The van der Waals surface area contributed by atoms with Crippen LogP contribution in [0.15, 0.2) is 0 Å². The fourth-order valence-electron chi connectivity index (χ4n) is 4.45. The Labute approximate surface area is 147 Å². The summed E-state index contributed by atoms with van der Waals surface area (Å²) in [6, 6.07) is 0. The van der Waals surface area contributed by atoms with Gasteiger partial charge in [0.25, 0.3) is 0 Å². The molecule has 0 heterocycles. The van der Waals surface area contributed by atoms with Gasteiger partial charge in [-0.1, -0.05) is 62.3 Å². The van der Waals surface area contributed by atoms with Gasteiger partial charge in [-0.25, -0.2) is 0 Å². The summed E-state index contributed by atoms with van der Waals surface area (Å²) < 4.78 is 6.10. The molecular formula is C22H44O. The maximum Gasteiger partial charge on any atom is 0.0739 e. The second-order valence-electron chi connectivity index (χ2n) is 12.0. The molecular weight excluding hydrogens is 280 g/mol. The molecule has 0 atom stereocenters. The van der Waals surface area contributed by atoms with Crippen molar-refractivity contribution in [2.75, 3.05) is 0 Å². The van der Waals surface area contributed by atoms with E-state index in [1.807, 2.05) is 0 Å². The summed E-state index contributed by atoms with van der Waals surface area (Å²) in [7, 11) is 0. The predicted octanol–water partition coefficient (Wildman–Crippen LogP) is 7.24. The van der Waals surface area contributed by atoms with E-state index >= 15 is 0 Å². The van der Waals surface area contributed by atoms with Crippen LogP contribution in [0.2, 0.25) is 0 Å². The summed E-state index contributed by atoms with van der Waals surface area (Å²) in [4.78, 5) is 0. The Kier molecular flexibility index (Phi) is 5.25. The lowest BCUT2D eigenvalue weighted by Crippen LogP contribution is -2.38. The first-order valence-corrected chi connectivity index (χ1v) is 9.57. The number of rotatable bonds is 1. The zero-order valence-electron chi connectivity index (χ0n) is 18.2. The largest absolute Gasteiger partial charge is 0.369 e. The highest BCUT2D eigenvalue weighted by Crippen LogP contribution is 2.67. The van der Waals surface area contributed by atoms with Gasteiger partial charge in [-0.3, -0.25) is 0 Å². The monoisotopic (exact) mass is 324 g/mol. The lowest BCUT2D eigenvalue weighted by Gasteiger charge is -2.41. The Morgan fingerprint density at radius 1 is 0.522 bits per heavy atom. The summed E-state index contributed by atoms with van der Waals surface area (Å²) in [5.74, 6) is 0. The van der Waals surface area contributed by atoms with Gasteiger partial charge >= 0.3 is 0 Å². The van der Waals surface area contributed by atoms with Crippen molar-refractivity contribution in [3.63, 3.8) is 0 Å². The van der Waals surface area contributed by atoms with Crippen molar-refractivity contribution in [1.29, 1.82) is 0 Å². The molecule has 0 aromatic carbocycles. The Morgan fingerprint density at radius 2 is 0.870 bits per heavy atom. The molecule has 2 saturated carbocycles. The number of hydrogen-bond acceptors (Lipinski definition) is 1. The molecule has 0 unspecified atom stereocenters. The Morgan fingerprint density at radius 3 is 0.913 bits per heavy atom. The smallest absolute Gasteiger partial charge is 0.0739 e. The lowest BCUT2D eigenvalue weighted by molar-refractivity contribution is -0.123. The van der Waals surface area contributed by atoms with E-state index in [-0.39, 0.29) is 11.2 Å². The Balaban J connectivity index is 0.000000231. The Hall–Kier alpha value is -0.0400. The molecule has 0 saturated heterocycles. The van der Waals surface area contributed by atoms with E-state index < -0.39 is 0 Å². The van der Waals surface area contributed by atoms with Gasteiger partial charge in [0, 0.05) is 0 Å². The van der Waals surface area contributed by atoms with Crippen LogP contribution in [0.25, 0.3) is 0 Å². The van der Waals surface area contributed by atoms with Crippen molar-refractivity contribution < 1.29 is 4.74 Å². The van der Waals surface area contributed by atoms with E-state index in [9.17, 15) is 0 Å². The average Bonchev–Trinajstić information content (AvgIpc) is 3.05. The molecule has 1 nitrogen and oxygen atoms in total. The van der Waals surface area contributed by atoms with Crippen LogP contribution in [-0.4, -0.2) is 11.2 Å². The summed E-state index contributed by atoms with van der Waals surface area (Å²) >= 11 is 0. The molecule has 0 aromatic heterocycles. The van der Waals surface area contributed by atoms with Gasteiger partial charge in [-0.2, -0.15) is 0 Å². The molecule has 2 aliphatic rings. The third-order valence-corrected chi connectivity index (χ3v) is 6.19. The summed E-state index contributed by atoms with van der Waals surface area (Å²) in [6.07, 6.45) is 5.32. The third-order valence-electron chi connectivity index (χ3n) is 6.19. The highest BCUT2D eigenvalue weighted by atomic mass is 16.5. The second-order valence-corrected chi connectivity index (χ2v) is 12.0. The van der Waals surface area contributed by atoms with E-state index in [2.05, 4.69) is 83.1 Å². The molecule has 138 valence electrons. The second kappa shape index (κ2) is 5.75. The van der Waals surface area contributed by atoms with Crippen molar-refractivity contribution in [2.45, 2.75) is 120 Å². The summed E-state index contributed by atoms with van der Waals surface area (Å²) in [5, 5.41) is 0. The highest BCUT2D eigenvalue weighted by Gasteiger charge is 2.58. The van der Waals surface area contributed by atoms with Gasteiger partial charge in [0.15, 0.2) is 0 Å². The minimum atomic E-state index is 0.00375. The highest BCUT2D eigenvalue weighted by molar-refractivity contribution is 5.08. The van der Waals surface area contributed by atoms with E-state index in [4.69, 9.17) is 4.74 Å². The van der Waals surface area contributed by atoms with Crippen LogP contribution in [0.1, 0.15) is 109 Å². The van der Waals surface area contributed by atoms with Crippen molar-refractivity contribution in [3.05, 3.63) is 0 Å². The molecule has 2 fully saturated rings. The third kappa shape index (κ3) is 4.74. The normalized spacial score (nSPS) is 23.0. The van der Waals surface area contributed by atoms with Crippen molar-refractivity contribution >= 4 is 0 Å². The molecule has 0 spiro atoms. The van der Waals surface area contributed by atoms with Crippen LogP contribution < -0.4 is 0 Å². The van der Waals surface area contributed by atoms with Crippen LogP contribution in [0.4, 0.5) is 0 Å². The van der Waals surface area contributed by atoms with E-state index in [0.29, 0.717) is 21.7 Å². The maximum atomic E-state index is 6.10. The predicted molar refractivity (Wildman–Crippen MR) is 103 cm³/mol. The quantitative estimate of drug-likeness (QED) is 0.494. The van der Waals surface area contributed by atoms with Crippen molar-refractivity contribution in [2.24, 2.45) is 21.7 Å². The standard InChI is InChI=1S/C11H22O.C11H22/c1-9(2,3)11(7-8-11)12-10(4,5)6;1-9(2,3)11(7-8-11)10(4,5)6/h7-8H2,1-6H3;7-8H2,1-6H3. The molecule has 0 amide bonds. The van der Waals surface area contributed by atoms with Gasteiger partial charge in [0.2, 0.25) is 0 Å². The van der Waals surface area contributed by atoms with Crippen LogP contribution in [0.3, 0.4) is 0 Å². The Bertz CT molecular complexity index is 379. The van der Waals surface area contributed by atoms with Gasteiger partial charge in [0.05, 0.1) is 11.2 Å². The SMILES string of the molecule is CC(C)(C)C1(C(C)(C)C)CC1.CC(C)(C)OC1(C(C)(C)C)CC1. The molecule has 0 aliphatic heterocycles. The van der Waals surface area contributed by atoms with Crippen LogP contribution >= 0.6 is 0 Å². The van der Waals surface area contributed by atoms with Crippen LogP contribution in [-0.2, 0) is 4.74 Å². The fourth-order valence-corrected chi connectivity index (χ4v) is 4.45. The number of ether oxygens (including phenoxy) is 1. The molecule has 0 aromatic rings. The first kappa shape index (κ1) is 21.0. The number of hydrogen-bond donors (Lipinski definition) is 0. The van der Waals surface area contributed by atoms with Gasteiger partial charge < -0.3 is 4.74 Å². The van der Waals surface area contributed by atoms with Gasteiger partial charge in [0.1, 0.15) is 0 Å². The summed E-state index contributed by atoms with van der Waals surface area (Å²) in [6.45, 7) is 27.5. The topological polar surface area (TPSA) is 9.23 Å². The zero-order valence-corrected chi connectivity index (χ0v) is 18.2. The van der Waals surface area contributed by atoms with Crippen LogP contribution in [0, 0.1) is 21.7 Å². The molecule has 2 rings (SSSR count). The summed E-state index contributed by atoms with van der Waals surface area (Å²) in [5.41, 5.74) is 2.08. The first-order chi connectivity index (χ1) is 9.87. The van der Waals surface area contributed by atoms with E-state index in [1.165, 1.54) is 25.7 Å². The minimum absolute atomic E-state index is 0.00375. The molecule has 23 heavy (non-hydrogen) atoms. The fraction of sp³-hybridized carbons (Fsp3) is 1.00. The molecule has 1 heteroatoms. The van der Waals surface area contributed by atoms with E-state index in [0.717, 1.165) is 0 Å². The minimum Gasteiger partial charge on any atom is -0.369 e. The van der Waals surface area contributed by atoms with Crippen molar-refractivity contribution in [3.8, 4) is 0 Å². The lowest BCUT2D eigenvalue weighted by atomic mass is 9.63. The molecule has 2 aliphatic carbocycles. The van der Waals surface area contributed by atoms with Crippen LogP contribution in [0.5, 0.6) is 0 Å². The van der Waals surface area contributed by atoms with Crippen molar-refractivity contribution in [1.82, 2.24) is 0 Å². The van der Waals surface area contributed by atoms with Gasteiger partial charge in [-0.05, 0) is 68.1 Å². The maximum absolute atomic E-state index is 6.10. The molecule has 0 radical (unpaired) electrons. The average molecular weight is 325 g/mol. The molecule has 0 N–H and O–H groups in total. The molecule has 0 bridgehead atoms. The zero-order chi connectivity index (χ0) is 18.5.